The minimum absolute atomic E-state index is 0.216. The number of nitrogens with one attached hydrogen (secondary N) is 1. The van der Waals surface area contributed by atoms with E-state index in [4.69, 9.17) is 0 Å². The molecule has 0 unspecified atom stereocenters. The van der Waals surface area contributed by atoms with Gasteiger partial charge in [-0.25, -0.2) is 4.68 Å². The Bertz CT molecular complexity index is 1080. The molecule has 0 radical (unpaired) electrons. The van der Waals surface area contributed by atoms with Crippen molar-refractivity contribution in [3.05, 3.63) is 84.3 Å². The molecule has 0 saturated heterocycles. The third-order valence-corrected chi connectivity index (χ3v) is 4.51. The number of anilines is 1. The van der Waals surface area contributed by atoms with Crippen LogP contribution in [0.1, 0.15) is 16.1 Å². The van der Waals surface area contributed by atoms with Gasteiger partial charge in [0.2, 0.25) is 0 Å². The number of aromatic nitrogens is 4. The van der Waals surface area contributed by atoms with Crippen LogP contribution in [0.25, 0.3) is 16.9 Å². The van der Waals surface area contributed by atoms with Gasteiger partial charge < -0.3 is 5.32 Å². The van der Waals surface area contributed by atoms with Crippen LogP contribution in [-0.4, -0.2) is 25.5 Å². The van der Waals surface area contributed by atoms with E-state index in [1.54, 1.807) is 21.8 Å². The Labute approximate surface area is 157 Å². The minimum Gasteiger partial charge on any atom is -0.319 e. The van der Waals surface area contributed by atoms with Gasteiger partial charge in [0.1, 0.15) is 5.69 Å². The first-order chi connectivity index (χ1) is 13.1. The van der Waals surface area contributed by atoms with Crippen molar-refractivity contribution in [2.75, 3.05) is 5.32 Å². The van der Waals surface area contributed by atoms with Gasteiger partial charge in [-0.05, 0) is 19.1 Å². The molecule has 0 fully saturated rings. The zero-order valence-electron chi connectivity index (χ0n) is 15.1. The lowest BCUT2D eigenvalue weighted by Crippen LogP contribution is -2.13. The van der Waals surface area contributed by atoms with Crippen LogP contribution < -0.4 is 5.32 Å². The standard InChI is InChI=1S/C21H19N5O/c1-15-19(13-22-25(15)2)23-21(27)18-14-26(17-11-7-4-8-12-17)24-20(18)16-9-5-3-6-10-16/h3-14H,1-2H3,(H,23,27). The van der Waals surface area contributed by atoms with Gasteiger partial charge in [-0.3, -0.25) is 9.48 Å². The van der Waals surface area contributed by atoms with Crippen molar-refractivity contribution in [1.29, 1.82) is 0 Å². The fraction of sp³-hybridized carbons (Fsp3) is 0.0952. The molecule has 6 heteroatoms. The number of nitrogens with zero attached hydrogens (tertiary/aromatic N) is 4. The second-order valence-electron chi connectivity index (χ2n) is 6.26. The number of rotatable bonds is 4. The Hall–Kier alpha value is -3.67. The molecule has 4 aromatic rings. The minimum atomic E-state index is -0.216. The van der Waals surface area contributed by atoms with Gasteiger partial charge in [-0.15, -0.1) is 0 Å². The molecule has 0 aliphatic carbocycles. The van der Waals surface area contributed by atoms with Crippen molar-refractivity contribution in [3.8, 4) is 16.9 Å². The Balaban J connectivity index is 1.77. The Morgan fingerprint density at radius 1 is 1.00 bits per heavy atom. The monoisotopic (exact) mass is 357 g/mol. The molecule has 2 heterocycles. The number of para-hydroxylation sites is 1. The van der Waals surface area contributed by atoms with E-state index >= 15 is 0 Å². The maximum Gasteiger partial charge on any atom is 0.259 e. The highest BCUT2D eigenvalue weighted by Crippen LogP contribution is 2.25. The lowest BCUT2D eigenvalue weighted by Gasteiger charge is -2.05. The fourth-order valence-corrected chi connectivity index (χ4v) is 2.87. The van der Waals surface area contributed by atoms with E-state index in [1.807, 2.05) is 74.6 Å². The van der Waals surface area contributed by atoms with Crippen LogP contribution in [0.15, 0.2) is 73.1 Å². The first-order valence-corrected chi connectivity index (χ1v) is 8.64. The highest BCUT2D eigenvalue weighted by atomic mass is 16.1. The lowest BCUT2D eigenvalue weighted by atomic mass is 10.1. The summed E-state index contributed by atoms with van der Waals surface area (Å²) in [7, 11) is 1.84. The first kappa shape index (κ1) is 16.8. The van der Waals surface area contributed by atoms with Gasteiger partial charge in [0.25, 0.3) is 5.91 Å². The summed E-state index contributed by atoms with van der Waals surface area (Å²) in [4.78, 5) is 13.0. The normalized spacial score (nSPS) is 10.7. The van der Waals surface area contributed by atoms with Crippen molar-refractivity contribution in [1.82, 2.24) is 19.6 Å². The Morgan fingerprint density at radius 2 is 1.67 bits per heavy atom. The molecular weight excluding hydrogens is 338 g/mol. The molecule has 1 amide bonds. The third-order valence-electron chi connectivity index (χ3n) is 4.51. The lowest BCUT2D eigenvalue weighted by molar-refractivity contribution is 0.102. The second-order valence-corrected chi connectivity index (χ2v) is 6.26. The summed E-state index contributed by atoms with van der Waals surface area (Å²) in [5.41, 5.74) is 4.51. The predicted octanol–water partition coefficient (Wildman–Crippen LogP) is 3.83. The van der Waals surface area contributed by atoms with E-state index < -0.39 is 0 Å². The molecule has 0 aliphatic heterocycles. The molecule has 2 aromatic heterocycles. The third kappa shape index (κ3) is 3.25. The van der Waals surface area contributed by atoms with Crippen molar-refractivity contribution in [3.63, 3.8) is 0 Å². The summed E-state index contributed by atoms with van der Waals surface area (Å²) >= 11 is 0. The zero-order chi connectivity index (χ0) is 18.8. The topological polar surface area (TPSA) is 64.7 Å². The van der Waals surface area contributed by atoms with E-state index in [-0.39, 0.29) is 5.91 Å². The van der Waals surface area contributed by atoms with Gasteiger partial charge in [0.15, 0.2) is 0 Å². The first-order valence-electron chi connectivity index (χ1n) is 8.64. The maximum atomic E-state index is 13.0. The average molecular weight is 357 g/mol. The molecule has 4 rings (SSSR count). The summed E-state index contributed by atoms with van der Waals surface area (Å²) in [5, 5.41) is 11.8. The van der Waals surface area contributed by atoms with E-state index in [9.17, 15) is 4.79 Å². The number of carbonyl (C=O) groups is 1. The van der Waals surface area contributed by atoms with Crippen LogP contribution in [0.4, 0.5) is 5.69 Å². The van der Waals surface area contributed by atoms with Gasteiger partial charge in [-0.2, -0.15) is 10.2 Å². The molecular formula is C21H19N5O. The van der Waals surface area contributed by atoms with Crippen LogP contribution >= 0.6 is 0 Å². The van der Waals surface area contributed by atoms with E-state index in [2.05, 4.69) is 15.5 Å². The Kier molecular flexibility index (Phi) is 4.30. The molecule has 0 atom stereocenters. The molecule has 6 nitrogen and oxygen atoms in total. The average Bonchev–Trinajstić information content (AvgIpc) is 3.29. The second kappa shape index (κ2) is 6.92. The van der Waals surface area contributed by atoms with Crippen LogP contribution in [0.2, 0.25) is 0 Å². The van der Waals surface area contributed by atoms with Crippen LogP contribution in [0, 0.1) is 6.92 Å². The van der Waals surface area contributed by atoms with Gasteiger partial charge in [-0.1, -0.05) is 48.5 Å². The molecule has 134 valence electrons. The number of carbonyl (C=O) groups excluding carboxylic acids is 1. The van der Waals surface area contributed by atoms with Gasteiger partial charge >= 0.3 is 0 Å². The number of hydrogen-bond donors (Lipinski definition) is 1. The number of aryl methyl sites for hydroxylation is 1. The van der Waals surface area contributed by atoms with E-state index in [0.717, 1.165) is 16.9 Å². The molecule has 2 aromatic carbocycles. The molecule has 0 saturated carbocycles. The van der Waals surface area contributed by atoms with Crippen molar-refractivity contribution >= 4 is 11.6 Å². The largest absolute Gasteiger partial charge is 0.319 e. The summed E-state index contributed by atoms with van der Waals surface area (Å²) in [6.07, 6.45) is 3.41. The summed E-state index contributed by atoms with van der Waals surface area (Å²) in [5.74, 6) is -0.216. The molecule has 0 bridgehead atoms. The quantitative estimate of drug-likeness (QED) is 0.604. The van der Waals surface area contributed by atoms with Crippen LogP contribution in [0.3, 0.4) is 0 Å². The predicted molar refractivity (Wildman–Crippen MR) is 105 cm³/mol. The van der Waals surface area contributed by atoms with E-state index in [0.29, 0.717) is 16.9 Å². The van der Waals surface area contributed by atoms with Crippen LogP contribution in [0.5, 0.6) is 0 Å². The zero-order valence-corrected chi connectivity index (χ0v) is 15.1. The van der Waals surface area contributed by atoms with Crippen molar-refractivity contribution < 1.29 is 4.79 Å². The smallest absolute Gasteiger partial charge is 0.259 e. The highest BCUT2D eigenvalue weighted by Gasteiger charge is 2.20. The van der Waals surface area contributed by atoms with Gasteiger partial charge in [0.05, 0.1) is 28.8 Å². The Morgan fingerprint density at radius 3 is 2.30 bits per heavy atom. The number of hydrogen-bond acceptors (Lipinski definition) is 3. The molecule has 27 heavy (non-hydrogen) atoms. The van der Waals surface area contributed by atoms with Crippen molar-refractivity contribution in [2.24, 2.45) is 7.05 Å². The molecule has 1 N–H and O–H groups in total. The highest BCUT2D eigenvalue weighted by molar-refractivity contribution is 6.08. The summed E-state index contributed by atoms with van der Waals surface area (Å²) < 4.78 is 3.45. The maximum absolute atomic E-state index is 13.0. The number of amides is 1. The fourth-order valence-electron chi connectivity index (χ4n) is 2.87. The number of benzene rings is 2. The summed E-state index contributed by atoms with van der Waals surface area (Å²) in [6.45, 7) is 1.91. The molecule has 0 aliphatic rings. The van der Waals surface area contributed by atoms with Gasteiger partial charge in [0, 0.05) is 18.8 Å². The van der Waals surface area contributed by atoms with E-state index in [1.165, 1.54) is 0 Å². The summed E-state index contributed by atoms with van der Waals surface area (Å²) in [6, 6.07) is 19.4. The van der Waals surface area contributed by atoms with Crippen molar-refractivity contribution in [2.45, 2.75) is 6.92 Å². The molecule has 0 spiro atoms. The van der Waals surface area contributed by atoms with Crippen LogP contribution in [-0.2, 0) is 7.05 Å². The SMILES string of the molecule is Cc1c(NC(=O)c2cn(-c3ccccc3)nc2-c2ccccc2)cnn1C.